The lowest BCUT2D eigenvalue weighted by Crippen LogP contribution is -2.52. The van der Waals surface area contributed by atoms with Crippen molar-refractivity contribution in [1.29, 1.82) is 0 Å². The number of hydrogen-bond acceptors (Lipinski definition) is 5. The topological polar surface area (TPSA) is 102 Å². The number of nitro groups is 1. The molecular weight excluding hydrogens is 286 g/mol. The Balaban J connectivity index is 1.91. The van der Waals surface area contributed by atoms with Crippen LogP contribution >= 0.6 is 0 Å². The van der Waals surface area contributed by atoms with Crippen molar-refractivity contribution in [2.24, 2.45) is 0 Å². The van der Waals surface area contributed by atoms with Crippen molar-refractivity contribution >= 4 is 11.6 Å². The quantitative estimate of drug-likeness (QED) is 0.625. The van der Waals surface area contributed by atoms with Crippen molar-refractivity contribution in [2.75, 3.05) is 6.54 Å². The van der Waals surface area contributed by atoms with Crippen molar-refractivity contribution < 1.29 is 9.72 Å². The molecule has 1 fully saturated rings. The van der Waals surface area contributed by atoms with E-state index in [2.05, 4.69) is 22.7 Å². The van der Waals surface area contributed by atoms with Gasteiger partial charge in [-0.1, -0.05) is 0 Å². The molecule has 0 saturated carbocycles. The normalized spacial score (nSPS) is 21.6. The highest BCUT2D eigenvalue weighted by molar-refractivity contribution is 5.76. The molecule has 0 spiro atoms. The van der Waals surface area contributed by atoms with E-state index in [0.717, 1.165) is 19.4 Å². The van der Waals surface area contributed by atoms with Crippen LogP contribution in [-0.4, -0.2) is 39.2 Å². The standard InChI is InChI=1S/C14H23N5O3/c1-9-12(5-4-7-15-9)16-13(20)6-8-18-11(3)14(19(21)22)10(2)17-18/h9,12,15H,4-8H2,1-3H3,(H,16,20). The molecule has 2 unspecified atom stereocenters. The number of piperidine rings is 1. The van der Waals surface area contributed by atoms with Crippen molar-refractivity contribution in [3.05, 3.63) is 21.5 Å². The van der Waals surface area contributed by atoms with Gasteiger partial charge in [0.1, 0.15) is 11.4 Å². The third-order valence-electron chi connectivity index (χ3n) is 4.18. The first kappa shape index (κ1) is 16.4. The van der Waals surface area contributed by atoms with Crippen LogP contribution in [0.25, 0.3) is 0 Å². The van der Waals surface area contributed by atoms with Crippen LogP contribution in [0.5, 0.6) is 0 Å². The van der Waals surface area contributed by atoms with E-state index >= 15 is 0 Å². The van der Waals surface area contributed by atoms with Crippen LogP contribution in [0.3, 0.4) is 0 Å². The third-order valence-corrected chi connectivity index (χ3v) is 4.18. The summed E-state index contributed by atoms with van der Waals surface area (Å²) in [6.45, 7) is 6.67. The molecule has 1 aromatic rings. The van der Waals surface area contributed by atoms with Crippen LogP contribution in [0.15, 0.2) is 0 Å². The first-order chi connectivity index (χ1) is 10.4. The molecule has 8 heteroatoms. The van der Waals surface area contributed by atoms with Crippen molar-refractivity contribution in [2.45, 2.75) is 58.7 Å². The maximum absolute atomic E-state index is 12.1. The lowest BCUT2D eigenvalue weighted by Gasteiger charge is -2.30. The predicted octanol–water partition coefficient (Wildman–Crippen LogP) is 1.05. The van der Waals surface area contributed by atoms with Gasteiger partial charge in [0.15, 0.2) is 0 Å². The monoisotopic (exact) mass is 309 g/mol. The zero-order valence-electron chi connectivity index (χ0n) is 13.3. The molecule has 1 aliphatic heterocycles. The van der Waals surface area contributed by atoms with Crippen LogP contribution < -0.4 is 10.6 Å². The van der Waals surface area contributed by atoms with Crippen LogP contribution in [0, 0.1) is 24.0 Å². The molecule has 0 radical (unpaired) electrons. The second-order valence-corrected chi connectivity index (χ2v) is 5.81. The summed E-state index contributed by atoms with van der Waals surface area (Å²) >= 11 is 0. The van der Waals surface area contributed by atoms with Crippen molar-refractivity contribution in [1.82, 2.24) is 20.4 Å². The number of hydrogen-bond donors (Lipinski definition) is 2. The minimum atomic E-state index is -0.427. The average Bonchev–Trinajstić information content (AvgIpc) is 2.73. The van der Waals surface area contributed by atoms with Gasteiger partial charge in [0.25, 0.3) is 0 Å². The number of carbonyl (C=O) groups excluding carboxylic acids is 1. The molecule has 1 saturated heterocycles. The number of aromatic nitrogens is 2. The Morgan fingerprint density at radius 2 is 2.27 bits per heavy atom. The first-order valence-electron chi connectivity index (χ1n) is 7.61. The van der Waals surface area contributed by atoms with Gasteiger partial charge in [-0.15, -0.1) is 0 Å². The van der Waals surface area contributed by atoms with Crippen LogP contribution in [-0.2, 0) is 11.3 Å². The fraction of sp³-hybridized carbons (Fsp3) is 0.714. The number of amides is 1. The summed E-state index contributed by atoms with van der Waals surface area (Å²) in [5.41, 5.74) is 0.904. The predicted molar refractivity (Wildman–Crippen MR) is 81.6 cm³/mol. The van der Waals surface area contributed by atoms with E-state index in [-0.39, 0.29) is 30.1 Å². The average molecular weight is 309 g/mol. The van der Waals surface area contributed by atoms with E-state index in [9.17, 15) is 14.9 Å². The largest absolute Gasteiger partial charge is 0.352 e. The summed E-state index contributed by atoms with van der Waals surface area (Å²) in [5.74, 6) is -0.0456. The van der Waals surface area contributed by atoms with Gasteiger partial charge in [0.05, 0.1) is 11.5 Å². The minimum Gasteiger partial charge on any atom is -0.352 e. The summed E-state index contributed by atoms with van der Waals surface area (Å²) in [6.07, 6.45) is 2.30. The number of aryl methyl sites for hydroxylation is 2. The van der Waals surface area contributed by atoms with Gasteiger partial charge < -0.3 is 10.6 Å². The molecule has 2 rings (SSSR count). The number of nitrogens with zero attached hydrogens (tertiary/aromatic N) is 3. The summed E-state index contributed by atoms with van der Waals surface area (Å²) < 4.78 is 1.54. The van der Waals surface area contributed by atoms with Crippen LogP contribution in [0.4, 0.5) is 5.69 Å². The van der Waals surface area contributed by atoms with Crippen LogP contribution in [0.1, 0.15) is 37.6 Å². The summed E-state index contributed by atoms with van der Waals surface area (Å²) in [4.78, 5) is 22.6. The van der Waals surface area contributed by atoms with Gasteiger partial charge in [-0.05, 0) is 40.2 Å². The van der Waals surface area contributed by atoms with Crippen molar-refractivity contribution in [3.8, 4) is 0 Å². The van der Waals surface area contributed by atoms with E-state index in [4.69, 9.17) is 0 Å². The van der Waals surface area contributed by atoms with Gasteiger partial charge in [-0.3, -0.25) is 19.6 Å². The molecule has 22 heavy (non-hydrogen) atoms. The molecule has 8 nitrogen and oxygen atoms in total. The molecule has 1 aromatic heterocycles. The van der Waals surface area contributed by atoms with Gasteiger partial charge in [-0.25, -0.2) is 0 Å². The lowest BCUT2D eigenvalue weighted by molar-refractivity contribution is -0.386. The number of carbonyl (C=O) groups is 1. The molecule has 0 aromatic carbocycles. The highest BCUT2D eigenvalue weighted by Crippen LogP contribution is 2.21. The molecule has 0 aliphatic carbocycles. The van der Waals surface area contributed by atoms with E-state index in [0.29, 0.717) is 17.9 Å². The minimum absolute atomic E-state index is 0.0329. The van der Waals surface area contributed by atoms with Gasteiger partial charge >= 0.3 is 5.69 Å². The highest BCUT2D eigenvalue weighted by atomic mass is 16.6. The second-order valence-electron chi connectivity index (χ2n) is 5.81. The number of rotatable bonds is 5. The lowest BCUT2D eigenvalue weighted by atomic mass is 10.00. The van der Waals surface area contributed by atoms with E-state index in [1.807, 2.05) is 0 Å². The van der Waals surface area contributed by atoms with Gasteiger partial charge in [0.2, 0.25) is 5.91 Å². The van der Waals surface area contributed by atoms with E-state index in [1.54, 1.807) is 13.8 Å². The fourth-order valence-corrected chi connectivity index (χ4v) is 2.90. The Morgan fingerprint density at radius 3 is 2.86 bits per heavy atom. The van der Waals surface area contributed by atoms with Gasteiger partial charge in [-0.2, -0.15) is 5.10 Å². The number of nitrogens with one attached hydrogen (secondary N) is 2. The Hall–Kier alpha value is -1.96. The summed E-state index contributed by atoms with van der Waals surface area (Å²) in [7, 11) is 0. The van der Waals surface area contributed by atoms with Gasteiger partial charge in [0, 0.05) is 18.5 Å². The molecule has 1 amide bonds. The Bertz CT molecular complexity index is 569. The summed E-state index contributed by atoms with van der Waals surface area (Å²) in [6, 6.07) is 0.420. The first-order valence-corrected chi connectivity index (χ1v) is 7.61. The SMILES string of the molecule is Cc1nn(CCC(=O)NC2CCCNC2C)c(C)c1[N+](=O)[O-]. The smallest absolute Gasteiger partial charge is 0.312 e. The maximum atomic E-state index is 12.1. The molecule has 0 bridgehead atoms. The molecule has 2 heterocycles. The van der Waals surface area contributed by atoms with Crippen molar-refractivity contribution in [3.63, 3.8) is 0 Å². The molecular formula is C14H23N5O3. The highest BCUT2D eigenvalue weighted by Gasteiger charge is 2.24. The fourth-order valence-electron chi connectivity index (χ4n) is 2.90. The molecule has 122 valence electrons. The zero-order chi connectivity index (χ0) is 16.3. The summed E-state index contributed by atoms with van der Waals surface area (Å²) in [5, 5.41) is 21.5. The third kappa shape index (κ3) is 3.62. The maximum Gasteiger partial charge on any atom is 0.312 e. The zero-order valence-corrected chi connectivity index (χ0v) is 13.3. The van der Waals surface area contributed by atoms with Crippen LogP contribution in [0.2, 0.25) is 0 Å². The second kappa shape index (κ2) is 6.87. The van der Waals surface area contributed by atoms with E-state index in [1.165, 1.54) is 4.68 Å². The Labute approximate surface area is 129 Å². The Morgan fingerprint density at radius 1 is 1.55 bits per heavy atom. The molecule has 1 aliphatic rings. The molecule has 2 N–H and O–H groups in total. The van der Waals surface area contributed by atoms with E-state index < -0.39 is 4.92 Å². The molecule has 2 atom stereocenters. The Kier molecular flexibility index (Phi) is 5.12.